The van der Waals surface area contributed by atoms with Crippen molar-refractivity contribution in [3.05, 3.63) is 28.2 Å². The van der Waals surface area contributed by atoms with E-state index < -0.39 is 0 Å². The molecule has 0 aliphatic heterocycles. The second kappa shape index (κ2) is 8.17. The summed E-state index contributed by atoms with van der Waals surface area (Å²) in [7, 11) is 0. The maximum Gasteiger partial charge on any atom is 0.276 e. The van der Waals surface area contributed by atoms with Gasteiger partial charge in [0.05, 0.1) is 0 Å². The Balaban J connectivity index is 1.68. The normalized spacial score (nSPS) is 14.6. The van der Waals surface area contributed by atoms with Crippen LogP contribution in [0, 0.1) is 12.8 Å². The van der Waals surface area contributed by atoms with Gasteiger partial charge in [0.2, 0.25) is 5.91 Å². The van der Waals surface area contributed by atoms with Gasteiger partial charge in [-0.15, -0.1) is 0 Å². The number of carbonyl (C=O) groups excluding carboxylic acids is 2. The van der Waals surface area contributed by atoms with Gasteiger partial charge in [-0.3, -0.25) is 20.4 Å². The van der Waals surface area contributed by atoms with Crippen LogP contribution in [0.4, 0.5) is 0 Å². The molecular weight excluding hydrogens is 348 g/mol. The minimum atomic E-state index is -0.373. The summed E-state index contributed by atoms with van der Waals surface area (Å²) < 4.78 is 6.39. The second-order valence-electron chi connectivity index (χ2n) is 5.65. The standard InChI is InChI=1S/C16H21BrN2O3/c1-11-8-13(17)6-7-14(11)22-10-16(21)19-18-15(20)9-12-4-2-3-5-12/h6-8,12H,2-5,9-10H2,1H3,(H,18,20)(H,19,21). The van der Waals surface area contributed by atoms with Crippen molar-refractivity contribution in [1.82, 2.24) is 10.9 Å². The molecule has 0 radical (unpaired) electrons. The van der Waals surface area contributed by atoms with E-state index in [0.717, 1.165) is 22.9 Å². The molecule has 0 unspecified atom stereocenters. The number of carbonyl (C=O) groups is 2. The molecule has 0 atom stereocenters. The first-order valence-corrected chi connectivity index (χ1v) is 8.30. The van der Waals surface area contributed by atoms with Crippen LogP contribution in [0.3, 0.4) is 0 Å². The zero-order valence-electron chi connectivity index (χ0n) is 12.7. The number of hydrogen-bond acceptors (Lipinski definition) is 3. The molecule has 1 aliphatic rings. The average Bonchev–Trinajstić information content (AvgIpc) is 2.97. The zero-order valence-corrected chi connectivity index (χ0v) is 14.2. The van der Waals surface area contributed by atoms with Gasteiger partial charge in [0.1, 0.15) is 5.75 Å². The van der Waals surface area contributed by atoms with Gasteiger partial charge in [-0.05, 0) is 49.4 Å². The lowest BCUT2D eigenvalue weighted by Crippen LogP contribution is -2.44. The van der Waals surface area contributed by atoms with Crippen molar-refractivity contribution in [2.45, 2.75) is 39.0 Å². The smallest absolute Gasteiger partial charge is 0.276 e. The van der Waals surface area contributed by atoms with Gasteiger partial charge < -0.3 is 4.74 Å². The summed E-state index contributed by atoms with van der Waals surface area (Å²) in [6.45, 7) is 1.77. The fraction of sp³-hybridized carbons (Fsp3) is 0.500. The van der Waals surface area contributed by atoms with Crippen molar-refractivity contribution < 1.29 is 14.3 Å². The number of hydrazine groups is 1. The van der Waals surface area contributed by atoms with Crippen LogP contribution in [0.1, 0.15) is 37.7 Å². The molecule has 1 aromatic rings. The summed E-state index contributed by atoms with van der Waals surface area (Å²) in [4.78, 5) is 23.4. The topological polar surface area (TPSA) is 67.4 Å². The summed E-state index contributed by atoms with van der Waals surface area (Å²) in [5.74, 6) is 0.594. The van der Waals surface area contributed by atoms with Gasteiger partial charge in [-0.1, -0.05) is 28.8 Å². The molecular formula is C16H21BrN2O3. The van der Waals surface area contributed by atoms with E-state index in [4.69, 9.17) is 4.74 Å². The Morgan fingerprint density at radius 1 is 1.23 bits per heavy atom. The summed E-state index contributed by atoms with van der Waals surface area (Å²) in [6.07, 6.45) is 5.09. The lowest BCUT2D eigenvalue weighted by molar-refractivity contribution is -0.130. The Labute approximate surface area is 138 Å². The zero-order chi connectivity index (χ0) is 15.9. The van der Waals surface area contributed by atoms with Crippen LogP contribution in [-0.4, -0.2) is 18.4 Å². The molecule has 5 nitrogen and oxygen atoms in total. The molecule has 1 fully saturated rings. The number of rotatable bonds is 5. The van der Waals surface area contributed by atoms with E-state index in [1.54, 1.807) is 6.07 Å². The fourth-order valence-corrected chi connectivity index (χ4v) is 3.10. The van der Waals surface area contributed by atoms with Crippen LogP contribution in [0.15, 0.2) is 22.7 Å². The molecule has 0 saturated heterocycles. The van der Waals surface area contributed by atoms with Crippen LogP contribution < -0.4 is 15.6 Å². The fourth-order valence-electron chi connectivity index (χ4n) is 2.62. The monoisotopic (exact) mass is 368 g/mol. The van der Waals surface area contributed by atoms with Crippen molar-refractivity contribution in [3.8, 4) is 5.75 Å². The van der Waals surface area contributed by atoms with Gasteiger partial charge in [-0.25, -0.2) is 0 Å². The van der Waals surface area contributed by atoms with Crippen LogP contribution in [0.25, 0.3) is 0 Å². The highest BCUT2D eigenvalue weighted by atomic mass is 79.9. The van der Waals surface area contributed by atoms with Crippen molar-refractivity contribution in [3.63, 3.8) is 0 Å². The van der Waals surface area contributed by atoms with Crippen molar-refractivity contribution in [2.75, 3.05) is 6.61 Å². The number of nitrogens with one attached hydrogen (secondary N) is 2. The van der Waals surface area contributed by atoms with E-state index in [1.165, 1.54) is 12.8 Å². The molecule has 2 rings (SSSR count). The van der Waals surface area contributed by atoms with Gasteiger partial charge in [0.25, 0.3) is 5.91 Å². The van der Waals surface area contributed by atoms with Gasteiger partial charge in [-0.2, -0.15) is 0 Å². The van der Waals surface area contributed by atoms with Crippen molar-refractivity contribution in [1.29, 1.82) is 0 Å². The van der Waals surface area contributed by atoms with Gasteiger partial charge in [0, 0.05) is 10.9 Å². The maximum atomic E-state index is 11.7. The lowest BCUT2D eigenvalue weighted by atomic mass is 10.0. The van der Waals surface area contributed by atoms with Gasteiger partial charge in [0.15, 0.2) is 6.61 Å². The summed E-state index contributed by atoms with van der Waals surface area (Å²) in [5.41, 5.74) is 5.77. The molecule has 0 spiro atoms. The molecule has 120 valence electrons. The Hall–Kier alpha value is -1.56. The summed E-state index contributed by atoms with van der Waals surface area (Å²) in [5, 5.41) is 0. The largest absolute Gasteiger partial charge is 0.483 e. The van der Waals surface area contributed by atoms with Crippen LogP contribution in [0.5, 0.6) is 5.75 Å². The lowest BCUT2D eigenvalue weighted by Gasteiger charge is -2.12. The van der Waals surface area contributed by atoms with E-state index in [9.17, 15) is 9.59 Å². The van der Waals surface area contributed by atoms with E-state index in [0.29, 0.717) is 18.1 Å². The SMILES string of the molecule is Cc1cc(Br)ccc1OCC(=O)NNC(=O)CC1CCCC1. The molecule has 1 saturated carbocycles. The third kappa shape index (κ3) is 5.33. The predicted molar refractivity (Wildman–Crippen MR) is 87.2 cm³/mol. The number of amides is 2. The number of aryl methyl sites for hydroxylation is 1. The molecule has 22 heavy (non-hydrogen) atoms. The molecule has 6 heteroatoms. The van der Waals surface area contributed by atoms with Crippen molar-refractivity contribution >= 4 is 27.7 Å². The quantitative estimate of drug-likeness (QED) is 0.785. The second-order valence-corrected chi connectivity index (χ2v) is 6.57. The Bertz CT molecular complexity index is 542. The molecule has 0 heterocycles. The molecule has 1 aromatic carbocycles. The van der Waals surface area contributed by atoms with E-state index in [2.05, 4.69) is 26.8 Å². The average molecular weight is 369 g/mol. The van der Waals surface area contributed by atoms with Crippen LogP contribution in [0.2, 0.25) is 0 Å². The highest BCUT2D eigenvalue weighted by molar-refractivity contribution is 9.10. The highest BCUT2D eigenvalue weighted by Gasteiger charge is 2.18. The molecule has 1 aliphatic carbocycles. The Morgan fingerprint density at radius 2 is 1.91 bits per heavy atom. The molecule has 2 amide bonds. The first kappa shape index (κ1) is 16.8. The third-order valence-corrected chi connectivity index (χ3v) is 4.28. The van der Waals surface area contributed by atoms with Gasteiger partial charge >= 0.3 is 0 Å². The van der Waals surface area contributed by atoms with E-state index in [1.807, 2.05) is 19.1 Å². The first-order valence-electron chi connectivity index (χ1n) is 7.51. The molecule has 0 aromatic heterocycles. The summed E-state index contributed by atoms with van der Waals surface area (Å²) >= 11 is 3.37. The Morgan fingerprint density at radius 3 is 2.59 bits per heavy atom. The molecule has 2 N–H and O–H groups in total. The van der Waals surface area contributed by atoms with Crippen molar-refractivity contribution in [2.24, 2.45) is 5.92 Å². The maximum absolute atomic E-state index is 11.7. The Kier molecular flexibility index (Phi) is 6.24. The first-order chi connectivity index (χ1) is 10.5. The van der Waals surface area contributed by atoms with E-state index >= 15 is 0 Å². The molecule has 0 bridgehead atoms. The third-order valence-electron chi connectivity index (χ3n) is 3.79. The van der Waals surface area contributed by atoms with Crippen LogP contribution >= 0.6 is 15.9 Å². The number of halogens is 1. The van der Waals surface area contributed by atoms with E-state index in [-0.39, 0.29) is 18.4 Å². The number of ether oxygens (including phenoxy) is 1. The highest BCUT2D eigenvalue weighted by Crippen LogP contribution is 2.27. The van der Waals surface area contributed by atoms with Crippen LogP contribution in [-0.2, 0) is 9.59 Å². The predicted octanol–water partition coefficient (Wildman–Crippen LogP) is 2.86. The minimum absolute atomic E-state index is 0.133. The minimum Gasteiger partial charge on any atom is -0.483 e. The number of hydrogen-bond donors (Lipinski definition) is 2. The summed E-state index contributed by atoms with van der Waals surface area (Å²) in [6, 6.07) is 5.56. The number of benzene rings is 1.